The van der Waals surface area contributed by atoms with Crippen molar-refractivity contribution in [2.24, 2.45) is 0 Å². The summed E-state index contributed by atoms with van der Waals surface area (Å²) in [5.74, 6) is 2.75. The highest BCUT2D eigenvalue weighted by Crippen LogP contribution is 2.33. The maximum Gasteiger partial charge on any atom is 0.165 e. The molecule has 0 fully saturated rings. The van der Waals surface area contributed by atoms with Crippen LogP contribution in [-0.4, -0.2) is 22.8 Å². The molecular formula is C20H23N3O2. The second-order valence-corrected chi connectivity index (χ2v) is 6.25. The van der Waals surface area contributed by atoms with Gasteiger partial charge in [-0.3, -0.25) is 0 Å². The van der Waals surface area contributed by atoms with E-state index in [0.29, 0.717) is 19.8 Å². The summed E-state index contributed by atoms with van der Waals surface area (Å²) in [6.45, 7) is 7.13. The van der Waals surface area contributed by atoms with Crippen LogP contribution in [0.1, 0.15) is 31.3 Å². The highest BCUT2D eigenvalue weighted by atomic mass is 16.6. The van der Waals surface area contributed by atoms with Crippen LogP contribution in [0, 0.1) is 0 Å². The number of para-hydroxylation sites is 3. The number of hydrogen-bond acceptors (Lipinski definition) is 4. The number of nitrogens with one attached hydrogen (secondary N) is 1. The Morgan fingerprint density at radius 1 is 1.12 bits per heavy atom. The Morgan fingerprint density at radius 2 is 1.96 bits per heavy atom. The summed E-state index contributed by atoms with van der Waals surface area (Å²) in [7, 11) is 0. The summed E-state index contributed by atoms with van der Waals surface area (Å²) >= 11 is 0. The van der Waals surface area contributed by atoms with Crippen LogP contribution >= 0.6 is 0 Å². The van der Waals surface area contributed by atoms with Gasteiger partial charge in [-0.05, 0) is 32.0 Å². The zero-order chi connectivity index (χ0) is 17.2. The van der Waals surface area contributed by atoms with Gasteiger partial charge >= 0.3 is 0 Å². The Kier molecular flexibility index (Phi) is 4.32. The van der Waals surface area contributed by atoms with E-state index in [0.717, 1.165) is 34.9 Å². The fourth-order valence-electron chi connectivity index (χ4n) is 3.38. The fourth-order valence-corrected chi connectivity index (χ4v) is 3.38. The third-order valence-electron chi connectivity index (χ3n) is 4.63. The first-order chi connectivity index (χ1) is 12.3. The van der Waals surface area contributed by atoms with Crippen LogP contribution in [-0.2, 0) is 13.1 Å². The molecule has 130 valence electrons. The molecule has 0 saturated carbocycles. The number of aryl methyl sites for hydroxylation is 1. The molecule has 1 unspecified atom stereocenters. The van der Waals surface area contributed by atoms with E-state index < -0.39 is 0 Å². The minimum Gasteiger partial charge on any atom is -0.486 e. The number of fused-ring (bicyclic) bond motifs is 2. The molecule has 0 amide bonds. The zero-order valence-electron chi connectivity index (χ0n) is 14.7. The lowest BCUT2D eigenvalue weighted by molar-refractivity contribution is 0.169. The van der Waals surface area contributed by atoms with Gasteiger partial charge in [-0.15, -0.1) is 0 Å². The molecule has 2 heterocycles. The van der Waals surface area contributed by atoms with Crippen molar-refractivity contribution in [2.45, 2.75) is 33.0 Å². The van der Waals surface area contributed by atoms with Gasteiger partial charge < -0.3 is 19.4 Å². The SMILES string of the molecule is CCn1c(C(C)NCc2cccc3c2OCCO3)nc2ccccc21. The van der Waals surface area contributed by atoms with Gasteiger partial charge in [-0.25, -0.2) is 4.98 Å². The van der Waals surface area contributed by atoms with Gasteiger partial charge in [0.2, 0.25) is 0 Å². The number of imidazole rings is 1. The van der Waals surface area contributed by atoms with E-state index in [1.54, 1.807) is 0 Å². The van der Waals surface area contributed by atoms with Crippen LogP contribution in [0.5, 0.6) is 11.5 Å². The van der Waals surface area contributed by atoms with Crippen LogP contribution in [0.4, 0.5) is 0 Å². The molecule has 5 heteroatoms. The maximum absolute atomic E-state index is 5.80. The summed E-state index contributed by atoms with van der Waals surface area (Å²) in [5.41, 5.74) is 3.34. The lowest BCUT2D eigenvalue weighted by Gasteiger charge is -2.22. The summed E-state index contributed by atoms with van der Waals surface area (Å²) in [5, 5.41) is 3.58. The second kappa shape index (κ2) is 6.76. The lowest BCUT2D eigenvalue weighted by atomic mass is 10.1. The standard InChI is InChI=1S/C20H23N3O2/c1-3-23-17-9-5-4-8-16(17)22-20(23)14(2)21-13-15-7-6-10-18-19(15)25-12-11-24-18/h4-10,14,21H,3,11-13H2,1-2H3. The van der Waals surface area contributed by atoms with Crippen LogP contribution in [0.15, 0.2) is 42.5 Å². The topological polar surface area (TPSA) is 48.3 Å². The molecule has 2 aromatic carbocycles. The molecule has 0 bridgehead atoms. The van der Waals surface area contributed by atoms with Gasteiger partial charge in [0.25, 0.3) is 0 Å². The van der Waals surface area contributed by atoms with Crippen molar-refractivity contribution in [1.29, 1.82) is 0 Å². The average molecular weight is 337 g/mol. The molecule has 5 nitrogen and oxygen atoms in total. The van der Waals surface area contributed by atoms with E-state index in [1.165, 1.54) is 5.52 Å². The van der Waals surface area contributed by atoms with Crippen molar-refractivity contribution < 1.29 is 9.47 Å². The van der Waals surface area contributed by atoms with Crippen LogP contribution < -0.4 is 14.8 Å². The van der Waals surface area contributed by atoms with Gasteiger partial charge in [0.1, 0.15) is 19.0 Å². The Hall–Kier alpha value is -2.53. The van der Waals surface area contributed by atoms with Crippen molar-refractivity contribution in [3.05, 3.63) is 53.9 Å². The third-order valence-corrected chi connectivity index (χ3v) is 4.63. The van der Waals surface area contributed by atoms with E-state index in [4.69, 9.17) is 14.5 Å². The molecule has 25 heavy (non-hydrogen) atoms. The molecular weight excluding hydrogens is 314 g/mol. The molecule has 0 radical (unpaired) electrons. The predicted octanol–water partition coefficient (Wildman–Crippen LogP) is 3.68. The van der Waals surface area contributed by atoms with Gasteiger partial charge in [0.05, 0.1) is 17.1 Å². The normalized spacial score (nSPS) is 14.6. The number of aromatic nitrogens is 2. The van der Waals surface area contributed by atoms with Gasteiger partial charge in [-0.1, -0.05) is 24.3 Å². The third kappa shape index (κ3) is 2.96. The van der Waals surface area contributed by atoms with Gasteiger partial charge in [0.15, 0.2) is 11.5 Å². The molecule has 4 rings (SSSR count). The van der Waals surface area contributed by atoms with Gasteiger partial charge in [0, 0.05) is 18.7 Å². The van der Waals surface area contributed by atoms with Crippen LogP contribution in [0.2, 0.25) is 0 Å². The highest BCUT2D eigenvalue weighted by molar-refractivity contribution is 5.76. The quantitative estimate of drug-likeness (QED) is 0.771. The fraction of sp³-hybridized carbons (Fsp3) is 0.350. The van der Waals surface area contributed by atoms with Crippen LogP contribution in [0.25, 0.3) is 11.0 Å². The molecule has 1 atom stereocenters. The Morgan fingerprint density at radius 3 is 2.84 bits per heavy atom. The monoisotopic (exact) mass is 337 g/mol. The number of ether oxygens (including phenoxy) is 2. The summed E-state index contributed by atoms with van der Waals surface area (Å²) < 4.78 is 13.7. The molecule has 1 aromatic heterocycles. The van der Waals surface area contributed by atoms with Crippen molar-refractivity contribution in [2.75, 3.05) is 13.2 Å². The first-order valence-electron chi connectivity index (χ1n) is 8.84. The van der Waals surface area contributed by atoms with Crippen molar-refractivity contribution >= 4 is 11.0 Å². The van der Waals surface area contributed by atoms with Crippen molar-refractivity contribution in [3.63, 3.8) is 0 Å². The summed E-state index contributed by atoms with van der Waals surface area (Å²) in [6.07, 6.45) is 0. The largest absolute Gasteiger partial charge is 0.486 e. The zero-order valence-corrected chi connectivity index (χ0v) is 14.7. The summed E-state index contributed by atoms with van der Waals surface area (Å²) in [4.78, 5) is 4.83. The molecule has 1 aliphatic heterocycles. The number of hydrogen-bond donors (Lipinski definition) is 1. The Bertz CT molecular complexity index is 888. The molecule has 3 aromatic rings. The smallest absolute Gasteiger partial charge is 0.165 e. The number of rotatable bonds is 5. The van der Waals surface area contributed by atoms with E-state index in [2.05, 4.69) is 48.0 Å². The number of nitrogens with zero attached hydrogens (tertiary/aromatic N) is 2. The van der Waals surface area contributed by atoms with E-state index in [1.807, 2.05) is 18.2 Å². The van der Waals surface area contributed by atoms with Crippen molar-refractivity contribution in [3.8, 4) is 11.5 Å². The van der Waals surface area contributed by atoms with Crippen LogP contribution in [0.3, 0.4) is 0 Å². The average Bonchev–Trinajstić information content (AvgIpc) is 3.04. The van der Waals surface area contributed by atoms with E-state index in [-0.39, 0.29) is 6.04 Å². The minimum atomic E-state index is 0.132. The molecule has 0 aliphatic carbocycles. The Balaban J connectivity index is 1.56. The van der Waals surface area contributed by atoms with E-state index in [9.17, 15) is 0 Å². The molecule has 0 spiro atoms. The first-order valence-corrected chi connectivity index (χ1v) is 8.84. The molecule has 1 aliphatic rings. The lowest BCUT2D eigenvalue weighted by Crippen LogP contribution is -2.23. The van der Waals surface area contributed by atoms with Crippen molar-refractivity contribution in [1.82, 2.24) is 14.9 Å². The predicted molar refractivity (Wildman–Crippen MR) is 98.1 cm³/mol. The maximum atomic E-state index is 5.80. The summed E-state index contributed by atoms with van der Waals surface area (Å²) in [6, 6.07) is 14.5. The number of benzene rings is 2. The second-order valence-electron chi connectivity index (χ2n) is 6.25. The molecule has 0 saturated heterocycles. The highest BCUT2D eigenvalue weighted by Gasteiger charge is 2.18. The van der Waals surface area contributed by atoms with Gasteiger partial charge in [-0.2, -0.15) is 0 Å². The van der Waals surface area contributed by atoms with E-state index >= 15 is 0 Å². The Labute approximate surface area is 147 Å². The first kappa shape index (κ1) is 16.0. The minimum absolute atomic E-state index is 0.132. The molecule has 1 N–H and O–H groups in total.